The second kappa shape index (κ2) is 10.2. The number of hydrogen-bond acceptors (Lipinski definition) is 6. The molecule has 0 bridgehead atoms. The molecule has 0 radical (unpaired) electrons. The lowest BCUT2D eigenvalue weighted by Crippen LogP contribution is -1.75. The van der Waals surface area contributed by atoms with Gasteiger partial charge in [-0.25, -0.2) is 8.78 Å². The highest BCUT2D eigenvalue weighted by Gasteiger charge is 2.21. The summed E-state index contributed by atoms with van der Waals surface area (Å²) in [7, 11) is 0. The van der Waals surface area contributed by atoms with E-state index in [0.717, 1.165) is 61.2 Å². The van der Waals surface area contributed by atoms with Crippen LogP contribution in [0.15, 0.2) is 109 Å². The van der Waals surface area contributed by atoms with E-state index in [1.807, 2.05) is 71.2 Å². The van der Waals surface area contributed by atoms with Crippen LogP contribution in [0.4, 0.5) is 8.78 Å². The van der Waals surface area contributed by atoms with E-state index in [1.165, 1.54) is 39.0 Å². The summed E-state index contributed by atoms with van der Waals surface area (Å²) in [6, 6.07) is 38.0. The van der Waals surface area contributed by atoms with Gasteiger partial charge in [0.25, 0.3) is 0 Å². The topological polar surface area (TPSA) is 0 Å². The third-order valence-electron chi connectivity index (χ3n) is 9.80. The Morgan fingerprint density at radius 1 is 0.320 bits per heavy atom. The zero-order chi connectivity index (χ0) is 32.8. The van der Waals surface area contributed by atoms with E-state index in [2.05, 4.69) is 60.7 Å². The van der Waals surface area contributed by atoms with Gasteiger partial charge in [0.05, 0.1) is 19.2 Å². The molecule has 0 spiro atoms. The summed E-state index contributed by atoms with van der Waals surface area (Å²) in [5, 5.41) is 10.6. The SMILES string of the molecule is Fc1c(-c2cc3cc4sc5c6cc7sc(-c8sc9cc%10ccccc%10cc9c8F)cc7cc6sc5c4cc3s2)sc2cc3ccccc3cc12. The second-order valence-electron chi connectivity index (χ2n) is 12.7. The van der Waals surface area contributed by atoms with E-state index in [1.54, 1.807) is 45.3 Å². The molecule has 0 aliphatic heterocycles. The Kier molecular flexibility index (Phi) is 5.78. The molecule has 0 nitrogen and oxygen atoms in total. The maximum atomic E-state index is 15.9. The molecule has 0 N–H and O–H groups in total. The molecule has 0 unspecified atom stereocenters. The van der Waals surface area contributed by atoms with Gasteiger partial charge in [-0.3, -0.25) is 0 Å². The Hall–Kier alpha value is -4.28. The van der Waals surface area contributed by atoms with Crippen LogP contribution in [-0.4, -0.2) is 0 Å². The monoisotopic (exact) mass is 752 g/mol. The second-order valence-corrected chi connectivity index (χ2v) is 19.1. The molecule has 50 heavy (non-hydrogen) atoms. The fraction of sp³-hybridized carbons (Fsp3) is 0. The molecule has 6 aromatic heterocycles. The Labute approximate surface area is 306 Å². The first-order valence-corrected chi connectivity index (χ1v) is 20.9. The van der Waals surface area contributed by atoms with Crippen LogP contribution in [0, 0.1) is 11.6 Å². The van der Waals surface area contributed by atoms with Crippen LogP contribution >= 0.6 is 68.0 Å². The Balaban J connectivity index is 0.964. The molecular weight excluding hydrogens is 735 g/mol. The van der Waals surface area contributed by atoms with Gasteiger partial charge in [-0.1, -0.05) is 48.5 Å². The van der Waals surface area contributed by atoms with E-state index in [4.69, 9.17) is 0 Å². The summed E-state index contributed by atoms with van der Waals surface area (Å²) in [4.78, 5) is 3.39. The summed E-state index contributed by atoms with van der Waals surface area (Å²) in [6.45, 7) is 0. The third kappa shape index (κ3) is 3.97. The van der Waals surface area contributed by atoms with Gasteiger partial charge in [-0.05, 0) is 93.0 Å². The normalized spacial score (nSPS) is 12.6. The smallest absolute Gasteiger partial charge is 0.150 e. The minimum Gasteiger partial charge on any atom is -0.205 e. The number of rotatable bonds is 2. The number of hydrogen-bond donors (Lipinski definition) is 0. The van der Waals surface area contributed by atoms with Crippen molar-refractivity contribution in [3.05, 3.63) is 121 Å². The van der Waals surface area contributed by atoms with E-state index in [9.17, 15) is 0 Å². The average molecular weight is 753 g/mol. The van der Waals surface area contributed by atoms with Crippen molar-refractivity contribution in [1.29, 1.82) is 0 Å². The van der Waals surface area contributed by atoms with E-state index < -0.39 is 0 Å². The highest BCUT2D eigenvalue weighted by Crippen LogP contribution is 2.51. The van der Waals surface area contributed by atoms with Gasteiger partial charge in [0, 0.05) is 59.5 Å². The van der Waals surface area contributed by atoms with Gasteiger partial charge in [0.15, 0.2) is 0 Å². The number of thiophene rings is 6. The molecule has 0 fully saturated rings. The predicted molar refractivity (Wildman–Crippen MR) is 222 cm³/mol. The lowest BCUT2D eigenvalue weighted by atomic mass is 10.1. The molecule has 0 atom stereocenters. The molecule has 12 rings (SSSR count). The average Bonchev–Trinajstić information content (AvgIpc) is 3.97. The van der Waals surface area contributed by atoms with Crippen LogP contribution in [0.5, 0.6) is 0 Å². The van der Waals surface area contributed by atoms with Crippen molar-refractivity contribution >= 4 is 159 Å². The molecule has 6 heterocycles. The number of halogens is 2. The summed E-state index contributed by atoms with van der Waals surface area (Å²) in [5.74, 6) is -0.245. The Morgan fingerprint density at radius 2 is 0.700 bits per heavy atom. The molecule has 0 aliphatic rings. The summed E-state index contributed by atoms with van der Waals surface area (Å²) in [5.41, 5.74) is 0. The van der Waals surface area contributed by atoms with Crippen LogP contribution in [0.2, 0.25) is 0 Å². The first-order chi connectivity index (χ1) is 24.5. The predicted octanol–water partition coefficient (Wildman–Crippen LogP) is 16.0. The van der Waals surface area contributed by atoms with Gasteiger partial charge < -0.3 is 0 Å². The Morgan fingerprint density at radius 3 is 1.14 bits per heavy atom. The maximum absolute atomic E-state index is 15.9. The van der Waals surface area contributed by atoms with Crippen LogP contribution in [-0.2, 0) is 0 Å². The van der Waals surface area contributed by atoms with Crippen molar-refractivity contribution in [2.75, 3.05) is 0 Å². The standard InChI is InChI=1S/C42H18F2S6/c43-37-25-9-19-5-1-3-7-21(19)11-31(25)49-41(37)35-15-23-13-33-27(17-29(23)45-35)39-40(47-33)28-18-30-24(14-34(28)48-39)16-36(46-30)42-38(44)26-10-20-6-2-4-8-22(20)12-32(26)50-42/h1-18H. The lowest BCUT2D eigenvalue weighted by Gasteiger charge is -1.97. The van der Waals surface area contributed by atoms with Gasteiger partial charge >= 0.3 is 0 Å². The summed E-state index contributed by atoms with van der Waals surface area (Å²) < 4.78 is 41.1. The first kappa shape index (κ1) is 28.4. The van der Waals surface area contributed by atoms with Crippen molar-refractivity contribution in [2.24, 2.45) is 0 Å². The minimum absolute atomic E-state index is 0.122. The van der Waals surface area contributed by atoms with Crippen molar-refractivity contribution in [1.82, 2.24) is 0 Å². The minimum atomic E-state index is -0.122. The Bertz CT molecular complexity index is 3190. The molecule has 0 aliphatic carbocycles. The van der Waals surface area contributed by atoms with Crippen LogP contribution < -0.4 is 0 Å². The summed E-state index contributed by atoms with van der Waals surface area (Å²) >= 11 is 10.1. The van der Waals surface area contributed by atoms with Gasteiger partial charge in [0.2, 0.25) is 0 Å². The molecule has 12 aromatic rings. The molecule has 8 heteroatoms. The van der Waals surface area contributed by atoms with Gasteiger partial charge in [0.1, 0.15) is 11.6 Å². The van der Waals surface area contributed by atoms with Crippen molar-refractivity contribution in [3.8, 4) is 19.5 Å². The number of fused-ring (bicyclic) bond motifs is 11. The van der Waals surface area contributed by atoms with E-state index >= 15 is 8.78 Å². The number of benzene rings is 6. The zero-order valence-corrected chi connectivity index (χ0v) is 30.5. The maximum Gasteiger partial charge on any atom is 0.150 e. The fourth-order valence-electron chi connectivity index (χ4n) is 7.37. The van der Waals surface area contributed by atoms with Crippen molar-refractivity contribution in [3.63, 3.8) is 0 Å². The van der Waals surface area contributed by atoms with Gasteiger partial charge in [-0.15, -0.1) is 68.0 Å². The highest BCUT2D eigenvalue weighted by atomic mass is 32.1. The van der Waals surface area contributed by atoms with E-state index in [0.29, 0.717) is 10.8 Å². The molecule has 236 valence electrons. The molecular formula is C42H18F2S6. The lowest BCUT2D eigenvalue weighted by molar-refractivity contribution is 0.647. The first-order valence-electron chi connectivity index (χ1n) is 16.0. The molecule has 0 saturated carbocycles. The van der Waals surface area contributed by atoms with Gasteiger partial charge in [-0.2, -0.15) is 0 Å². The largest absolute Gasteiger partial charge is 0.205 e. The van der Waals surface area contributed by atoms with Crippen LogP contribution in [0.1, 0.15) is 0 Å². The molecule has 6 aromatic carbocycles. The van der Waals surface area contributed by atoms with Crippen LogP contribution in [0.3, 0.4) is 0 Å². The molecule has 0 saturated heterocycles. The van der Waals surface area contributed by atoms with Crippen molar-refractivity contribution < 1.29 is 8.78 Å². The highest BCUT2D eigenvalue weighted by molar-refractivity contribution is 7.37. The summed E-state index contributed by atoms with van der Waals surface area (Å²) in [6.07, 6.45) is 0. The van der Waals surface area contributed by atoms with Crippen molar-refractivity contribution in [2.45, 2.75) is 0 Å². The quantitative estimate of drug-likeness (QED) is 0.165. The molecule has 0 amide bonds. The zero-order valence-electron chi connectivity index (χ0n) is 25.6. The van der Waals surface area contributed by atoms with E-state index in [-0.39, 0.29) is 11.6 Å². The van der Waals surface area contributed by atoms with Crippen LogP contribution in [0.25, 0.3) is 111 Å². The fourth-order valence-corrected chi connectivity index (χ4v) is 14.6. The third-order valence-corrected chi connectivity index (χ3v) is 17.1.